The molecule has 8 rings (SSSR count). The number of allylic oxidation sites excluding steroid dienone is 2. The van der Waals surface area contributed by atoms with Crippen LogP contribution in [-0.2, 0) is 0 Å². The third-order valence-corrected chi connectivity index (χ3v) is 8.67. The van der Waals surface area contributed by atoms with Gasteiger partial charge in [-0.25, -0.2) is 4.99 Å². The minimum absolute atomic E-state index is 0.115. The number of para-hydroxylation sites is 2. The van der Waals surface area contributed by atoms with E-state index in [4.69, 9.17) is 9.73 Å². The summed E-state index contributed by atoms with van der Waals surface area (Å²) in [6, 6.07) is 46.5. The van der Waals surface area contributed by atoms with E-state index < -0.39 is 0 Å². The third kappa shape index (κ3) is 5.66. The molecule has 0 spiro atoms. The maximum Gasteiger partial charge on any atom is 0.196 e. The van der Waals surface area contributed by atoms with Gasteiger partial charge in [0.2, 0.25) is 0 Å². The summed E-state index contributed by atoms with van der Waals surface area (Å²) in [6.07, 6.45) is 6.11. The van der Waals surface area contributed by atoms with Gasteiger partial charge in [-0.1, -0.05) is 121 Å². The van der Waals surface area contributed by atoms with Gasteiger partial charge in [-0.2, -0.15) is 0 Å². The van der Waals surface area contributed by atoms with Crippen molar-refractivity contribution in [2.24, 2.45) is 4.99 Å². The molecule has 0 radical (unpaired) electrons. The molecule has 5 nitrogen and oxygen atoms in total. The summed E-state index contributed by atoms with van der Waals surface area (Å²) in [6.45, 7) is 0. The summed E-state index contributed by atoms with van der Waals surface area (Å²) in [7, 11) is 0. The highest BCUT2D eigenvalue weighted by atomic mass is 16.5. The third-order valence-electron chi connectivity index (χ3n) is 8.67. The van der Waals surface area contributed by atoms with Crippen molar-refractivity contribution >= 4 is 17.1 Å². The Morgan fingerprint density at radius 1 is 0.622 bits per heavy atom. The van der Waals surface area contributed by atoms with Gasteiger partial charge in [-0.3, -0.25) is 5.32 Å². The van der Waals surface area contributed by atoms with Gasteiger partial charge in [0.15, 0.2) is 6.23 Å². The fourth-order valence-electron chi connectivity index (χ4n) is 6.36. The Bertz CT molecular complexity index is 1900. The minimum Gasteiger partial charge on any atom is -0.464 e. The molecule has 2 aliphatic heterocycles. The topological polar surface area (TPSA) is 57.7 Å². The van der Waals surface area contributed by atoms with Crippen molar-refractivity contribution in [3.05, 3.63) is 173 Å². The standard InChI is InChI=1S/C40H34N4O/c1-3-12-27(13-4-1)29-16-9-18-31(24-29)37-42-38(32-19-10-17-30(25-32)28-14-5-2-6-15-28)44-39(43-37)33-20-11-21-34(26-33)40-41-35-22-7-8-23-36(35)45-40/h1-9,11-16,18-26,37-38,40-42H,10,17H2,(H,43,44). The first-order chi connectivity index (χ1) is 22.3. The van der Waals surface area contributed by atoms with Crippen LogP contribution in [0.15, 0.2) is 156 Å². The molecule has 0 fully saturated rings. The monoisotopic (exact) mass is 586 g/mol. The number of anilines is 1. The molecule has 3 N–H and O–H groups in total. The molecule has 5 aromatic carbocycles. The summed E-state index contributed by atoms with van der Waals surface area (Å²) >= 11 is 0. The molecule has 0 saturated carbocycles. The predicted molar refractivity (Wildman–Crippen MR) is 183 cm³/mol. The number of fused-ring (bicyclic) bond motifs is 1. The van der Waals surface area contributed by atoms with Crippen LogP contribution in [0, 0.1) is 0 Å². The Kier molecular flexibility index (Phi) is 7.22. The maximum atomic E-state index is 6.25. The first-order valence-corrected chi connectivity index (χ1v) is 15.6. The maximum absolute atomic E-state index is 6.25. The van der Waals surface area contributed by atoms with Gasteiger partial charge in [-0.05, 0) is 70.5 Å². The molecule has 0 aromatic heterocycles. The van der Waals surface area contributed by atoms with Crippen LogP contribution in [-0.4, -0.2) is 12.0 Å². The van der Waals surface area contributed by atoms with Crippen molar-refractivity contribution in [2.45, 2.75) is 31.4 Å². The Labute approximate surface area is 264 Å². The van der Waals surface area contributed by atoms with Crippen LogP contribution in [0.2, 0.25) is 0 Å². The summed E-state index contributed by atoms with van der Waals surface area (Å²) < 4.78 is 6.25. The van der Waals surface area contributed by atoms with E-state index in [9.17, 15) is 0 Å². The van der Waals surface area contributed by atoms with E-state index in [1.54, 1.807) is 0 Å². The van der Waals surface area contributed by atoms with Crippen molar-refractivity contribution < 1.29 is 4.74 Å². The number of rotatable bonds is 6. The predicted octanol–water partition coefficient (Wildman–Crippen LogP) is 8.62. The first kappa shape index (κ1) is 27.2. The molecule has 220 valence electrons. The summed E-state index contributed by atoms with van der Waals surface area (Å²) in [4.78, 5) is 5.27. The fraction of sp³-hybridized carbons (Fsp3) is 0.125. The lowest BCUT2D eigenvalue weighted by molar-refractivity contribution is 0.260. The number of amidine groups is 1. The minimum atomic E-state index is -0.253. The molecule has 5 aromatic rings. The van der Waals surface area contributed by atoms with Gasteiger partial charge < -0.3 is 15.4 Å². The van der Waals surface area contributed by atoms with Crippen molar-refractivity contribution in [1.82, 2.24) is 10.6 Å². The van der Waals surface area contributed by atoms with Gasteiger partial charge >= 0.3 is 0 Å². The Hall–Kier alpha value is -5.39. The highest BCUT2D eigenvalue weighted by Crippen LogP contribution is 2.38. The summed E-state index contributed by atoms with van der Waals surface area (Å²) in [5, 5.41) is 11.1. The van der Waals surface area contributed by atoms with Crippen LogP contribution >= 0.6 is 0 Å². The number of nitrogens with zero attached hydrogens (tertiary/aromatic N) is 1. The molecular formula is C40H34N4O. The lowest BCUT2D eigenvalue weighted by Gasteiger charge is -2.34. The van der Waals surface area contributed by atoms with Crippen molar-refractivity contribution in [3.8, 4) is 16.9 Å². The van der Waals surface area contributed by atoms with E-state index in [1.165, 1.54) is 27.8 Å². The van der Waals surface area contributed by atoms with Gasteiger partial charge in [0.25, 0.3) is 0 Å². The average Bonchev–Trinajstić information content (AvgIpc) is 3.57. The first-order valence-electron chi connectivity index (χ1n) is 15.6. The van der Waals surface area contributed by atoms with Gasteiger partial charge in [0, 0.05) is 11.1 Å². The summed E-state index contributed by atoms with van der Waals surface area (Å²) in [5.41, 5.74) is 10.4. The number of nitrogens with one attached hydrogen (secondary N) is 3. The Morgan fingerprint density at radius 2 is 1.31 bits per heavy atom. The molecule has 0 bridgehead atoms. The van der Waals surface area contributed by atoms with Crippen LogP contribution in [0.3, 0.4) is 0 Å². The second-order valence-electron chi connectivity index (χ2n) is 11.7. The normalized spacial score (nSPS) is 20.4. The van der Waals surface area contributed by atoms with Crippen molar-refractivity contribution in [1.29, 1.82) is 0 Å². The second-order valence-corrected chi connectivity index (χ2v) is 11.7. The molecule has 3 unspecified atom stereocenters. The van der Waals surface area contributed by atoms with Crippen LogP contribution in [0.5, 0.6) is 5.75 Å². The molecular weight excluding hydrogens is 552 g/mol. The van der Waals surface area contributed by atoms with Crippen molar-refractivity contribution in [2.75, 3.05) is 5.32 Å². The van der Waals surface area contributed by atoms with Gasteiger partial charge in [-0.15, -0.1) is 0 Å². The SMILES string of the molecule is C1=C(c2ccccc2)CCC=C1C1NC(c2cccc(C3Nc4ccccc4O3)c2)=NC(c2cccc(-c3ccccc3)c2)N1. The largest absolute Gasteiger partial charge is 0.464 e. The lowest BCUT2D eigenvalue weighted by Crippen LogP contribution is -2.52. The van der Waals surface area contributed by atoms with Crippen LogP contribution in [0.4, 0.5) is 5.69 Å². The molecule has 2 heterocycles. The van der Waals surface area contributed by atoms with E-state index in [1.807, 2.05) is 24.3 Å². The molecule has 1 aliphatic carbocycles. The van der Waals surface area contributed by atoms with E-state index >= 15 is 0 Å². The summed E-state index contributed by atoms with van der Waals surface area (Å²) in [5.74, 6) is 1.72. The molecule has 0 saturated heterocycles. The Balaban J connectivity index is 1.15. The number of hydrogen-bond donors (Lipinski definition) is 3. The molecule has 0 amide bonds. The average molecular weight is 587 g/mol. The van der Waals surface area contributed by atoms with Crippen LogP contribution in [0.25, 0.3) is 16.7 Å². The Morgan fingerprint density at radius 3 is 2.13 bits per heavy atom. The zero-order valence-corrected chi connectivity index (χ0v) is 24.9. The fourth-order valence-corrected chi connectivity index (χ4v) is 6.36. The number of ether oxygens (including phenoxy) is 1. The lowest BCUT2D eigenvalue weighted by atomic mass is 9.92. The quantitative estimate of drug-likeness (QED) is 0.186. The van der Waals surface area contributed by atoms with Crippen LogP contribution in [0.1, 0.15) is 47.5 Å². The van der Waals surface area contributed by atoms with Crippen molar-refractivity contribution in [3.63, 3.8) is 0 Å². The van der Waals surface area contributed by atoms with E-state index in [0.29, 0.717) is 0 Å². The number of hydrogen-bond acceptors (Lipinski definition) is 5. The zero-order chi connectivity index (χ0) is 30.0. The molecule has 5 heteroatoms. The molecule has 3 atom stereocenters. The van der Waals surface area contributed by atoms with E-state index in [0.717, 1.165) is 46.8 Å². The second kappa shape index (κ2) is 11.9. The highest BCUT2D eigenvalue weighted by molar-refractivity contribution is 6.00. The number of benzene rings is 5. The van der Waals surface area contributed by atoms with Gasteiger partial charge in [0.1, 0.15) is 23.9 Å². The van der Waals surface area contributed by atoms with Gasteiger partial charge in [0.05, 0.1) is 5.69 Å². The number of aliphatic imine (C=N–C) groups is 1. The van der Waals surface area contributed by atoms with E-state index in [2.05, 4.69) is 137 Å². The zero-order valence-electron chi connectivity index (χ0n) is 24.9. The van der Waals surface area contributed by atoms with E-state index in [-0.39, 0.29) is 18.6 Å². The smallest absolute Gasteiger partial charge is 0.196 e. The van der Waals surface area contributed by atoms with Crippen LogP contribution < -0.4 is 20.7 Å². The highest BCUT2D eigenvalue weighted by Gasteiger charge is 2.29. The molecule has 3 aliphatic rings. The molecule has 45 heavy (non-hydrogen) atoms.